The fourth-order valence-corrected chi connectivity index (χ4v) is 4.08. The van der Waals surface area contributed by atoms with E-state index >= 15 is 0 Å². The van der Waals surface area contributed by atoms with Gasteiger partial charge in [0.2, 0.25) is 5.78 Å². The third kappa shape index (κ3) is 3.25. The number of aromatic nitrogens is 3. The number of nitrogens with zero attached hydrogens (tertiary/aromatic N) is 4. The lowest BCUT2D eigenvalue weighted by atomic mass is 10.0. The summed E-state index contributed by atoms with van der Waals surface area (Å²) in [6.07, 6.45) is 10.8. The summed E-state index contributed by atoms with van der Waals surface area (Å²) in [5.41, 5.74) is 3.75. The van der Waals surface area contributed by atoms with Crippen molar-refractivity contribution < 1.29 is 0 Å². The average molecular weight is 353 g/mol. The highest BCUT2D eigenvalue weighted by Gasteiger charge is 2.21. The van der Waals surface area contributed by atoms with Crippen LogP contribution in [0.1, 0.15) is 36.1 Å². The van der Waals surface area contributed by atoms with Crippen LogP contribution in [0.2, 0.25) is 0 Å². The Hall–Kier alpha value is -2.01. The molecular formula is C20H24N4S. The van der Waals surface area contributed by atoms with E-state index in [1.54, 1.807) is 11.8 Å². The van der Waals surface area contributed by atoms with Gasteiger partial charge >= 0.3 is 0 Å². The molecule has 25 heavy (non-hydrogen) atoms. The molecule has 4 rings (SSSR count). The molecule has 1 saturated heterocycles. The minimum absolute atomic E-state index is 0.805. The van der Waals surface area contributed by atoms with Crippen LogP contribution < -0.4 is 4.90 Å². The first kappa shape index (κ1) is 16.5. The average Bonchev–Trinajstić information content (AvgIpc) is 3.11. The van der Waals surface area contributed by atoms with Crippen LogP contribution in [0.4, 0.5) is 5.82 Å². The van der Waals surface area contributed by atoms with Crippen molar-refractivity contribution in [2.24, 2.45) is 0 Å². The Morgan fingerprint density at radius 2 is 1.84 bits per heavy atom. The molecular weight excluding hydrogens is 328 g/mol. The molecule has 0 unspecified atom stereocenters. The maximum absolute atomic E-state index is 4.74. The summed E-state index contributed by atoms with van der Waals surface area (Å²) < 4.78 is 2.17. The predicted molar refractivity (Wildman–Crippen MR) is 105 cm³/mol. The summed E-state index contributed by atoms with van der Waals surface area (Å²) in [6.45, 7) is 4.36. The Balaban J connectivity index is 1.78. The van der Waals surface area contributed by atoms with Crippen molar-refractivity contribution in [3.8, 4) is 0 Å². The van der Waals surface area contributed by atoms with Crippen LogP contribution in [0.3, 0.4) is 0 Å². The number of anilines is 1. The second kappa shape index (κ2) is 7.08. The first-order valence-corrected chi connectivity index (χ1v) is 10.2. The van der Waals surface area contributed by atoms with Crippen LogP contribution >= 0.6 is 11.8 Å². The van der Waals surface area contributed by atoms with E-state index in [1.807, 2.05) is 12.4 Å². The van der Waals surface area contributed by atoms with Gasteiger partial charge in [-0.1, -0.05) is 12.1 Å². The van der Waals surface area contributed by atoms with Crippen molar-refractivity contribution in [1.82, 2.24) is 14.4 Å². The highest BCUT2D eigenvalue weighted by Crippen LogP contribution is 2.29. The van der Waals surface area contributed by atoms with Crippen molar-refractivity contribution >= 4 is 23.4 Å². The number of hydrogen-bond acceptors (Lipinski definition) is 4. The third-order valence-electron chi connectivity index (χ3n) is 5.02. The number of benzene rings is 1. The molecule has 0 atom stereocenters. The van der Waals surface area contributed by atoms with E-state index < -0.39 is 0 Å². The van der Waals surface area contributed by atoms with Crippen LogP contribution in [0.25, 0.3) is 5.78 Å². The van der Waals surface area contributed by atoms with Crippen molar-refractivity contribution in [3.63, 3.8) is 0 Å². The molecule has 1 fully saturated rings. The van der Waals surface area contributed by atoms with E-state index in [0.29, 0.717) is 0 Å². The van der Waals surface area contributed by atoms with E-state index in [2.05, 4.69) is 51.7 Å². The zero-order valence-corrected chi connectivity index (χ0v) is 15.7. The van der Waals surface area contributed by atoms with Gasteiger partial charge in [0.25, 0.3) is 0 Å². The molecule has 3 aromatic rings. The summed E-state index contributed by atoms with van der Waals surface area (Å²) >= 11 is 1.78. The molecule has 1 aliphatic heterocycles. The van der Waals surface area contributed by atoms with Gasteiger partial charge in [-0.3, -0.25) is 4.40 Å². The van der Waals surface area contributed by atoms with Gasteiger partial charge in [0.05, 0.1) is 0 Å². The zero-order chi connectivity index (χ0) is 17.2. The van der Waals surface area contributed by atoms with Gasteiger partial charge in [-0.15, -0.1) is 11.8 Å². The van der Waals surface area contributed by atoms with Crippen LogP contribution in [0.5, 0.6) is 0 Å². The molecule has 0 spiro atoms. The van der Waals surface area contributed by atoms with E-state index in [4.69, 9.17) is 4.98 Å². The summed E-state index contributed by atoms with van der Waals surface area (Å²) in [7, 11) is 0. The normalized spacial score (nSPS) is 15.0. The Morgan fingerprint density at radius 3 is 2.56 bits per heavy atom. The molecule has 0 bridgehead atoms. The van der Waals surface area contributed by atoms with Gasteiger partial charge in [0.1, 0.15) is 5.82 Å². The molecule has 0 radical (unpaired) electrons. The van der Waals surface area contributed by atoms with Gasteiger partial charge < -0.3 is 4.90 Å². The largest absolute Gasteiger partial charge is 0.357 e. The minimum Gasteiger partial charge on any atom is -0.357 e. The van der Waals surface area contributed by atoms with Gasteiger partial charge in [0.15, 0.2) is 0 Å². The Labute approximate surface area is 153 Å². The standard InChI is InChI=1S/C20H24N4S/c1-15-18(14-16-6-8-17(25-2)9-7-16)19(23-11-4-3-5-12-23)24-13-10-21-20(24)22-15/h6-10,13H,3-5,11-12,14H2,1-2H3. The van der Waals surface area contributed by atoms with E-state index in [0.717, 1.165) is 31.0 Å². The number of fused-ring (bicyclic) bond motifs is 1. The Morgan fingerprint density at radius 1 is 1.08 bits per heavy atom. The highest BCUT2D eigenvalue weighted by molar-refractivity contribution is 7.98. The van der Waals surface area contributed by atoms with Gasteiger partial charge in [-0.2, -0.15) is 0 Å². The molecule has 0 saturated carbocycles. The number of piperidine rings is 1. The molecule has 2 aromatic heterocycles. The lowest BCUT2D eigenvalue weighted by Gasteiger charge is -2.31. The second-order valence-electron chi connectivity index (χ2n) is 6.67. The quantitative estimate of drug-likeness (QED) is 0.654. The summed E-state index contributed by atoms with van der Waals surface area (Å²) in [5.74, 6) is 2.09. The van der Waals surface area contributed by atoms with E-state index in [1.165, 1.54) is 41.1 Å². The lowest BCUT2D eigenvalue weighted by Crippen LogP contribution is -2.32. The van der Waals surface area contributed by atoms with Crippen LogP contribution in [-0.2, 0) is 6.42 Å². The second-order valence-corrected chi connectivity index (χ2v) is 7.55. The smallest absolute Gasteiger partial charge is 0.235 e. The first-order chi connectivity index (χ1) is 12.3. The molecule has 130 valence electrons. The molecule has 5 heteroatoms. The summed E-state index contributed by atoms with van der Waals surface area (Å²) in [5, 5.41) is 0. The number of aryl methyl sites for hydroxylation is 1. The fourth-order valence-electron chi connectivity index (χ4n) is 3.67. The maximum Gasteiger partial charge on any atom is 0.235 e. The topological polar surface area (TPSA) is 33.4 Å². The van der Waals surface area contributed by atoms with Crippen LogP contribution in [0.15, 0.2) is 41.6 Å². The van der Waals surface area contributed by atoms with Crippen LogP contribution in [0, 0.1) is 6.92 Å². The van der Waals surface area contributed by atoms with Gasteiger partial charge in [-0.25, -0.2) is 9.97 Å². The molecule has 4 nitrogen and oxygen atoms in total. The molecule has 1 aliphatic rings. The molecule has 0 amide bonds. The summed E-state index contributed by atoms with van der Waals surface area (Å²) in [4.78, 5) is 13.0. The molecule has 3 heterocycles. The molecule has 0 N–H and O–H groups in total. The predicted octanol–water partition coefficient (Wildman–Crippen LogP) is 4.34. The van der Waals surface area contributed by atoms with Crippen molar-refractivity contribution in [3.05, 3.63) is 53.5 Å². The number of imidazole rings is 1. The molecule has 1 aromatic carbocycles. The number of rotatable bonds is 4. The first-order valence-electron chi connectivity index (χ1n) is 8.96. The number of hydrogen-bond donors (Lipinski definition) is 0. The van der Waals surface area contributed by atoms with Crippen LogP contribution in [-0.4, -0.2) is 33.7 Å². The fraction of sp³-hybridized carbons (Fsp3) is 0.400. The SMILES string of the molecule is CSc1ccc(Cc2c(C)nc3nccn3c2N2CCCCC2)cc1. The molecule has 0 aliphatic carbocycles. The third-order valence-corrected chi connectivity index (χ3v) is 5.76. The highest BCUT2D eigenvalue weighted by atomic mass is 32.2. The van der Waals surface area contributed by atoms with Crippen molar-refractivity contribution in [2.45, 2.75) is 37.5 Å². The lowest BCUT2D eigenvalue weighted by molar-refractivity contribution is 0.569. The van der Waals surface area contributed by atoms with Crippen molar-refractivity contribution in [1.29, 1.82) is 0 Å². The van der Waals surface area contributed by atoms with Gasteiger partial charge in [-0.05, 0) is 50.1 Å². The minimum atomic E-state index is 0.805. The summed E-state index contributed by atoms with van der Waals surface area (Å²) in [6, 6.07) is 8.89. The van der Waals surface area contributed by atoms with E-state index in [9.17, 15) is 0 Å². The Bertz CT molecular complexity index is 863. The van der Waals surface area contributed by atoms with E-state index in [-0.39, 0.29) is 0 Å². The Kier molecular flexibility index (Phi) is 4.66. The van der Waals surface area contributed by atoms with Crippen molar-refractivity contribution in [2.75, 3.05) is 24.2 Å². The van der Waals surface area contributed by atoms with Gasteiger partial charge in [0, 0.05) is 48.1 Å². The zero-order valence-electron chi connectivity index (χ0n) is 14.9. The monoisotopic (exact) mass is 352 g/mol. The number of thioether (sulfide) groups is 1. The maximum atomic E-state index is 4.74.